The number of allylic oxidation sites excluding steroid dienone is 2. The maximum Gasteiger partial charge on any atom is 0.737 e. The summed E-state index contributed by atoms with van der Waals surface area (Å²) in [5.74, 6) is 0.659. The molecule has 2 aromatic heterocycles. The zero-order valence-electron chi connectivity index (χ0n) is 34.0. The van der Waals surface area contributed by atoms with Crippen molar-refractivity contribution in [1.29, 1.82) is 0 Å². The molecule has 0 aliphatic carbocycles. The molecule has 3 aliphatic heterocycles. The van der Waals surface area contributed by atoms with E-state index in [0.29, 0.717) is 127 Å². The lowest BCUT2D eigenvalue weighted by Crippen LogP contribution is -2.51. The molecular formula is C42H53BF2N6O7. The molecule has 0 spiro atoms. The minimum absolute atomic E-state index is 0.354. The summed E-state index contributed by atoms with van der Waals surface area (Å²) in [5, 5.41) is 8.99. The van der Waals surface area contributed by atoms with Crippen molar-refractivity contribution >= 4 is 23.9 Å². The van der Waals surface area contributed by atoms with Gasteiger partial charge in [0.2, 0.25) is 0 Å². The van der Waals surface area contributed by atoms with Crippen LogP contribution in [0.1, 0.15) is 36.4 Å². The van der Waals surface area contributed by atoms with Gasteiger partial charge in [-0.2, -0.15) is 0 Å². The van der Waals surface area contributed by atoms with Crippen molar-refractivity contribution in [2.24, 2.45) is 0 Å². The quantitative estimate of drug-likeness (QED) is 0.163. The highest BCUT2D eigenvalue weighted by Gasteiger charge is 2.55. The van der Waals surface area contributed by atoms with E-state index < -0.39 is 6.97 Å². The van der Waals surface area contributed by atoms with Gasteiger partial charge in [-0.25, -0.2) is 4.68 Å². The summed E-state index contributed by atoms with van der Waals surface area (Å²) in [5.41, 5.74) is 8.58. The van der Waals surface area contributed by atoms with Crippen molar-refractivity contribution in [1.82, 2.24) is 19.5 Å². The molecule has 2 aromatic carbocycles. The van der Waals surface area contributed by atoms with E-state index in [0.717, 1.165) is 39.2 Å². The molecule has 0 saturated carbocycles. The van der Waals surface area contributed by atoms with E-state index in [9.17, 15) is 0 Å². The van der Waals surface area contributed by atoms with Crippen LogP contribution in [0.4, 0.5) is 14.3 Å². The average Bonchev–Trinajstić information content (AvgIpc) is 3.91. The van der Waals surface area contributed by atoms with Crippen LogP contribution in [0.2, 0.25) is 0 Å². The van der Waals surface area contributed by atoms with Gasteiger partial charge in [0.15, 0.2) is 5.70 Å². The Morgan fingerprint density at radius 2 is 1.36 bits per heavy atom. The largest absolute Gasteiger partial charge is 0.737 e. The van der Waals surface area contributed by atoms with Crippen LogP contribution < -0.4 is 9.64 Å². The van der Waals surface area contributed by atoms with Crippen molar-refractivity contribution in [3.8, 4) is 22.7 Å². The summed E-state index contributed by atoms with van der Waals surface area (Å²) in [4.78, 5) is 2.19. The summed E-state index contributed by atoms with van der Waals surface area (Å²) >= 11 is 0. The van der Waals surface area contributed by atoms with E-state index in [2.05, 4.69) is 15.2 Å². The average molecular weight is 803 g/mol. The summed E-state index contributed by atoms with van der Waals surface area (Å²) in [6, 6.07) is 15.7. The van der Waals surface area contributed by atoms with Crippen LogP contribution in [0, 0.1) is 13.8 Å². The molecule has 0 bridgehead atoms. The van der Waals surface area contributed by atoms with E-state index in [-0.39, 0.29) is 0 Å². The number of rotatable bonds is 8. The predicted molar refractivity (Wildman–Crippen MR) is 218 cm³/mol. The number of nitrogens with zero attached hydrogens (tertiary/aromatic N) is 6. The number of anilines is 1. The minimum Gasteiger partial charge on any atom is -0.489 e. The first-order valence-corrected chi connectivity index (χ1v) is 19.9. The van der Waals surface area contributed by atoms with Gasteiger partial charge < -0.3 is 55.7 Å². The topological polar surface area (TPSA) is 107 Å². The Bertz CT molecular complexity index is 2130. The second kappa shape index (κ2) is 18.9. The monoisotopic (exact) mass is 802 g/mol. The third-order valence-corrected chi connectivity index (χ3v) is 10.5. The summed E-state index contributed by atoms with van der Waals surface area (Å²) in [7, 11) is 1.64. The minimum atomic E-state index is -4.05. The molecular weight excluding hydrogens is 749 g/mol. The van der Waals surface area contributed by atoms with E-state index in [1.165, 1.54) is 8.96 Å². The lowest BCUT2D eigenvalue weighted by molar-refractivity contribution is -0.363. The molecule has 1 fully saturated rings. The van der Waals surface area contributed by atoms with Gasteiger partial charge in [-0.1, -0.05) is 29.5 Å². The highest BCUT2D eigenvalue weighted by molar-refractivity contribution is 6.58. The number of hydrogen-bond acceptors (Lipinski definition) is 10. The van der Waals surface area contributed by atoms with Crippen LogP contribution in [-0.2, 0) is 28.4 Å². The molecule has 7 rings (SSSR count). The number of ether oxygens (including phenoxy) is 7. The van der Waals surface area contributed by atoms with Crippen molar-refractivity contribution in [2.45, 2.75) is 27.7 Å². The van der Waals surface area contributed by atoms with E-state index in [1.54, 1.807) is 25.6 Å². The number of benzene rings is 2. The highest BCUT2D eigenvalue weighted by atomic mass is 19.2. The number of aryl methyl sites for hydroxylation is 2. The first-order valence-electron chi connectivity index (χ1n) is 19.9. The zero-order chi connectivity index (χ0) is 40.6. The van der Waals surface area contributed by atoms with Crippen LogP contribution in [0.15, 0.2) is 72.1 Å². The summed E-state index contributed by atoms with van der Waals surface area (Å²) in [6.45, 7) is 10.1. The Morgan fingerprint density at radius 1 is 0.759 bits per heavy atom. The maximum absolute atomic E-state index is 16.1. The molecule has 0 amide bonds. The normalized spacial score (nSPS) is 18.7. The maximum atomic E-state index is 16.1. The Kier molecular flexibility index (Phi) is 13.5. The fraction of sp³-hybridized carbons (Fsp3) is 0.452. The predicted octanol–water partition coefficient (Wildman–Crippen LogP) is 5.71. The van der Waals surface area contributed by atoms with E-state index in [4.69, 9.17) is 33.2 Å². The molecule has 16 heteroatoms. The number of hydrogen-bond donors (Lipinski definition) is 0. The fourth-order valence-corrected chi connectivity index (χ4v) is 7.84. The van der Waals surface area contributed by atoms with Gasteiger partial charge in [0.1, 0.15) is 23.8 Å². The number of methoxy groups -OCH3 is 1. The molecule has 1 saturated heterocycles. The Hall–Kier alpha value is -4.71. The lowest BCUT2D eigenvalue weighted by Gasteiger charge is -2.34. The number of halogens is 2. The fourth-order valence-electron chi connectivity index (χ4n) is 7.84. The summed E-state index contributed by atoms with van der Waals surface area (Å²) < 4.78 is 76.6. The van der Waals surface area contributed by atoms with Crippen LogP contribution in [0.25, 0.3) is 22.5 Å². The molecule has 4 aromatic rings. The van der Waals surface area contributed by atoms with Gasteiger partial charge in [0, 0.05) is 56.1 Å². The molecule has 3 aliphatic rings. The number of fused-ring (bicyclic) bond motifs is 2. The second-order valence-electron chi connectivity index (χ2n) is 14.5. The van der Waals surface area contributed by atoms with Crippen molar-refractivity contribution in [3.63, 3.8) is 0 Å². The molecule has 13 nitrogen and oxygen atoms in total. The third kappa shape index (κ3) is 8.97. The van der Waals surface area contributed by atoms with Crippen molar-refractivity contribution in [2.75, 3.05) is 104 Å². The Morgan fingerprint density at radius 3 is 1.98 bits per heavy atom. The summed E-state index contributed by atoms with van der Waals surface area (Å²) in [6.07, 6.45) is 3.71. The molecule has 0 atom stereocenters. The van der Waals surface area contributed by atoms with Gasteiger partial charge in [-0.3, -0.25) is 0 Å². The van der Waals surface area contributed by atoms with Crippen LogP contribution in [-0.4, -0.2) is 136 Å². The van der Waals surface area contributed by atoms with Gasteiger partial charge in [-0.05, 0) is 55.8 Å². The van der Waals surface area contributed by atoms with Gasteiger partial charge in [-0.15, -0.1) is 5.10 Å². The smallest absolute Gasteiger partial charge is 0.489 e. The Balaban J connectivity index is 1.13. The third-order valence-electron chi connectivity index (χ3n) is 10.5. The lowest BCUT2D eigenvalue weighted by atomic mass is 9.83. The standard InChI is InChI=1S/C42H53BF2N6O7/c1-30-26-32(3)50-41(30)40(42-31(2)27-33(4)51(42)43(50,44)45)35-8-6-34(7-9-35)37-29-49(47-46-37)36-10-11-38(39(28-36)58-25-16-52-5)48-12-14-53-17-19-55-21-23-57-24-22-56-20-18-54-15-13-48/h6-11,26-29H,12-25H2,1-5H3. The first kappa shape index (κ1) is 41.5. The molecule has 58 heavy (non-hydrogen) atoms. The molecule has 0 radical (unpaired) electrons. The van der Waals surface area contributed by atoms with E-state index >= 15 is 8.63 Å². The molecule has 310 valence electrons. The number of aromatic nitrogens is 4. The highest BCUT2D eigenvalue weighted by Crippen LogP contribution is 2.44. The van der Waals surface area contributed by atoms with Gasteiger partial charge in [0.05, 0.1) is 95.8 Å². The molecule has 0 N–H and O–H groups in total. The van der Waals surface area contributed by atoms with Crippen LogP contribution in [0.3, 0.4) is 0 Å². The van der Waals surface area contributed by atoms with Crippen LogP contribution in [0.5, 0.6) is 5.75 Å². The first-order chi connectivity index (χ1) is 28.2. The van der Waals surface area contributed by atoms with Gasteiger partial charge >= 0.3 is 6.97 Å². The van der Waals surface area contributed by atoms with Crippen molar-refractivity contribution < 1.29 is 46.3 Å². The molecule has 0 unspecified atom stereocenters. The van der Waals surface area contributed by atoms with Crippen LogP contribution >= 0.6 is 0 Å². The van der Waals surface area contributed by atoms with Crippen molar-refractivity contribution in [3.05, 3.63) is 94.6 Å². The Labute approximate surface area is 338 Å². The SMILES string of the molecule is COCCOc1cc(-n2cc(-c3ccc(C4=C5C(C)=CC(C)=[N+]5[B-](F)(F)n5c(C)cc(C)c54)cc3)nn2)ccc1N1CCOCCOCCOCCOCCOCC1. The van der Waals surface area contributed by atoms with Gasteiger partial charge in [0.25, 0.3) is 0 Å². The second-order valence-corrected chi connectivity index (χ2v) is 14.5. The molecule has 5 heterocycles. The van der Waals surface area contributed by atoms with E-state index in [1.807, 2.05) is 74.7 Å². The zero-order valence-corrected chi connectivity index (χ0v) is 34.0.